The number of H-pyrrole nitrogens is 2. The molecule has 3 unspecified atom stereocenters. The predicted molar refractivity (Wildman–Crippen MR) is 178 cm³/mol. The fraction of sp³-hybridized carbons (Fsp3) is 0.368. The van der Waals surface area contributed by atoms with E-state index in [4.69, 9.17) is 0 Å². The third kappa shape index (κ3) is 5.82. The Bertz CT molecular complexity index is 1680. The Morgan fingerprint density at radius 2 is 1.58 bits per heavy atom. The number of para-hydroxylation sites is 2. The highest BCUT2D eigenvalue weighted by Crippen LogP contribution is 2.44. The van der Waals surface area contributed by atoms with Crippen LogP contribution in [-0.4, -0.2) is 51.9 Å². The van der Waals surface area contributed by atoms with Gasteiger partial charge < -0.3 is 20.2 Å². The summed E-state index contributed by atoms with van der Waals surface area (Å²) in [6.45, 7) is 0.138. The van der Waals surface area contributed by atoms with Crippen molar-refractivity contribution < 1.29 is 10.2 Å². The molecule has 2 aromatic heterocycles. The molecule has 3 aromatic carbocycles. The lowest BCUT2D eigenvalue weighted by molar-refractivity contribution is 0.123. The van der Waals surface area contributed by atoms with Crippen LogP contribution in [0.3, 0.4) is 0 Å². The lowest BCUT2D eigenvalue weighted by atomic mass is 9.75. The molecule has 0 radical (unpaired) electrons. The van der Waals surface area contributed by atoms with Gasteiger partial charge in [-0.05, 0) is 99.9 Å². The summed E-state index contributed by atoms with van der Waals surface area (Å²) in [5.41, 5.74) is 8.85. The van der Waals surface area contributed by atoms with Gasteiger partial charge in [0, 0.05) is 51.8 Å². The van der Waals surface area contributed by atoms with Crippen molar-refractivity contribution in [1.82, 2.24) is 14.9 Å². The highest BCUT2D eigenvalue weighted by molar-refractivity contribution is 5.89. The van der Waals surface area contributed by atoms with E-state index in [1.54, 1.807) is 0 Å². The summed E-state index contributed by atoms with van der Waals surface area (Å²) in [5, 5.41) is 23.6. The van der Waals surface area contributed by atoms with E-state index in [0.29, 0.717) is 12.8 Å². The molecule has 0 saturated carbocycles. The number of hydrogen-bond acceptors (Lipinski definition) is 3. The minimum Gasteiger partial charge on any atom is -0.396 e. The van der Waals surface area contributed by atoms with E-state index in [1.807, 2.05) is 12.3 Å². The third-order valence-electron chi connectivity index (χ3n) is 9.88. The maximum absolute atomic E-state index is 11.5. The quantitative estimate of drug-likeness (QED) is 0.122. The molecule has 1 aliphatic carbocycles. The topological polar surface area (TPSA) is 75.3 Å². The van der Waals surface area contributed by atoms with Crippen LogP contribution >= 0.6 is 0 Å². The average molecular weight is 576 g/mol. The SMILES string of the molecule is CN(C)C1(c2ccccc2)CC=C(c2[nH]c3ccccc3c2CCCC(O)C(CCCO)c2c[nH]c3ccccc23)CC1. The first-order valence-corrected chi connectivity index (χ1v) is 15.9. The first-order chi connectivity index (χ1) is 21.0. The second kappa shape index (κ2) is 12.9. The Balaban J connectivity index is 1.23. The van der Waals surface area contributed by atoms with E-state index in [2.05, 4.69) is 108 Å². The molecule has 4 N–H and O–H groups in total. The van der Waals surface area contributed by atoms with Crippen LogP contribution in [0.15, 0.2) is 91.1 Å². The molecule has 43 heavy (non-hydrogen) atoms. The maximum atomic E-state index is 11.5. The van der Waals surface area contributed by atoms with Gasteiger partial charge in [-0.25, -0.2) is 0 Å². The summed E-state index contributed by atoms with van der Waals surface area (Å²) in [4.78, 5) is 9.56. The molecule has 0 bridgehead atoms. The molecular formula is C38H45N3O2. The van der Waals surface area contributed by atoms with Crippen LogP contribution in [0.25, 0.3) is 27.4 Å². The van der Waals surface area contributed by atoms with Crippen molar-refractivity contribution in [3.63, 3.8) is 0 Å². The van der Waals surface area contributed by atoms with Gasteiger partial charge in [-0.2, -0.15) is 0 Å². The summed E-state index contributed by atoms with van der Waals surface area (Å²) in [6, 6.07) is 27.9. The Labute approximate surface area is 255 Å². The van der Waals surface area contributed by atoms with Crippen molar-refractivity contribution in [2.24, 2.45) is 0 Å². The van der Waals surface area contributed by atoms with Gasteiger partial charge in [0.15, 0.2) is 0 Å². The molecule has 1 aliphatic rings. The molecule has 0 saturated heterocycles. The zero-order valence-electron chi connectivity index (χ0n) is 25.5. The molecule has 6 rings (SSSR count). The maximum Gasteiger partial charge on any atom is 0.0609 e. The van der Waals surface area contributed by atoms with Crippen LogP contribution in [-0.2, 0) is 12.0 Å². The van der Waals surface area contributed by atoms with E-state index < -0.39 is 6.10 Å². The minimum absolute atomic E-state index is 0.00697. The standard InChI is InChI=1S/C38H45N3O2/c1-41(2)38(28-12-4-3-5-13-28)23-21-27(22-24-38)37-32(29-14-7-9-19-35(29)40-37)16-10-20-36(43)31(17-11-25-42)33-26-39-34-18-8-6-15-30(33)34/h3-9,12-15,18-19,21,26,31,36,39-40,42-43H,10-11,16-17,20,22-25H2,1-2H3. The number of benzene rings is 3. The lowest BCUT2D eigenvalue weighted by Crippen LogP contribution is -2.42. The summed E-state index contributed by atoms with van der Waals surface area (Å²) in [7, 11) is 4.41. The fourth-order valence-corrected chi connectivity index (χ4v) is 7.43. The van der Waals surface area contributed by atoms with Crippen LogP contribution in [0.5, 0.6) is 0 Å². The zero-order chi connectivity index (χ0) is 29.8. The first-order valence-electron chi connectivity index (χ1n) is 15.9. The van der Waals surface area contributed by atoms with Gasteiger partial charge in [-0.3, -0.25) is 4.90 Å². The number of fused-ring (bicyclic) bond motifs is 2. The molecule has 5 heteroatoms. The van der Waals surface area contributed by atoms with Crippen molar-refractivity contribution >= 4 is 27.4 Å². The second-order valence-corrected chi connectivity index (χ2v) is 12.5. The molecular weight excluding hydrogens is 530 g/mol. The molecule has 0 aliphatic heterocycles. The Morgan fingerprint density at radius 3 is 2.30 bits per heavy atom. The summed E-state index contributed by atoms with van der Waals surface area (Å²) >= 11 is 0. The lowest BCUT2D eigenvalue weighted by Gasteiger charge is -2.43. The number of aliphatic hydroxyl groups excluding tert-OH is 2. The van der Waals surface area contributed by atoms with Crippen LogP contribution in [0.1, 0.15) is 73.2 Å². The van der Waals surface area contributed by atoms with E-state index >= 15 is 0 Å². The largest absolute Gasteiger partial charge is 0.396 e. The number of rotatable bonds is 12. The predicted octanol–water partition coefficient (Wildman–Crippen LogP) is 7.91. The van der Waals surface area contributed by atoms with Crippen LogP contribution in [0, 0.1) is 0 Å². The average Bonchev–Trinajstić information content (AvgIpc) is 3.64. The third-order valence-corrected chi connectivity index (χ3v) is 9.88. The highest BCUT2D eigenvalue weighted by atomic mass is 16.3. The van der Waals surface area contributed by atoms with Crippen molar-refractivity contribution in [3.05, 3.63) is 114 Å². The van der Waals surface area contributed by atoms with Gasteiger partial charge in [0.1, 0.15) is 0 Å². The normalized spacial score (nSPS) is 18.8. The number of aliphatic hydroxyl groups is 2. The molecule has 3 atom stereocenters. The van der Waals surface area contributed by atoms with E-state index in [9.17, 15) is 10.2 Å². The van der Waals surface area contributed by atoms with Crippen LogP contribution in [0.2, 0.25) is 0 Å². The van der Waals surface area contributed by atoms with E-state index in [-0.39, 0.29) is 18.1 Å². The summed E-state index contributed by atoms with van der Waals surface area (Å²) in [5.74, 6) is -0.0102. The summed E-state index contributed by atoms with van der Waals surface area (Å²) in [6.07, 6.45) is 11.1. The van der Waals surface area contributed by atoms with Gasteiger partial charge in [-0.15, -0.1) is 0 Å². The molecule has 0 amide bonds. The van der Waals surface area contributed by atoms with E-state index in [1.165, 1.54) is 33.3 Å². The number of aryl methyl sites for hydroxylation is 1. The van der Waals surface area contributed by atoms with Gasteiger partial charge >= 0.3 is 0 Å². The van der Waals surface area contributed by atoms with Crippen molar-refractivity contribution in [2.45, 2.75) is 68.9 Å². The minimum atomic E-state index is -0.472. The summed E-state index contributed by atoms with van der Waals surface area (Å²) < 4.78 is 0. The Morgan fingerprint density at radius 1 is 0.860 bits per heavy atom. The van der Waals surface area contributed by atoms with E-state index in [0.717, 1.165) is 55.0 Å². The Hall–Kier alpha value is -3.64. The molecule has 5 nitrogen and oxygen atoms in total. The monoisotopic (exact) mass is 575 g/mol. The number of nitrogens with one attached hydrogen (secondary N) is 2. The van der Waals surface area contributed by atoms with Crippen LogP contribution < -0.4 is 0 Å². The van der Waals surface area contributed by atoms with Crippen molar-refractivity contribution in [1.29, 1.82) is 0 Å². The number of aromatic nitrogens is 2. The second-order valence-electron chi connectivity index (χ2n) is 12.5. The van der Waals surface area contributed by atoms with Gasteiger partial charge in [0.05, 0.1) is 6.10 Å². The number of allylic oxidation sites excluding steroid dienone is 1. The smallest absolute Gasteiger partial charge is 0.0609 e. The van der Waals surface area contributed by atoms with Gasteiger partial charge in [-0.1, -0.05) is 72.8 Å². The van der Waals surface area contributed by atoms with Crippen molar-refractivity contribution in [3.8, 4) is 0 Å². The van der Waals surface area contributed by atoms with Crippen molar-refractivity contribution in [2.75, 3.05) is 20.7 Å². The first kappa shape index (κ1) is 29.4. The fourth-order valence-electron chi connectivity index (χ4n) is 7.43. The molecule has 224 valence electrons. The molecule has 2 heterocycles. The molecule has 5 aromatic rings. The van der Waals surface area contributed by atoms with Gasteiger partial charge in [0.2, 0.25) is 0 Å². The molecule has 0 fully saturated rings. The van der Waals surface area contributed by atoms with Crippen LogP contribution in [0.4, 0.5) is 0 Å². The highest BCUT2D eigenvalue weighted by Gasteiger charge is 2.36. The Kier molecular flexibility index (Phi) is 8.85. The number of aromatic amines is 2. The zero-order valence-corrected chi connectivity index (χ0v) is 25.5. The number of hydrogen-bond donors (Lipinski definition) is 4. The number of nitrogens with zero attached hydrogens (tertiary/aromatic N) is 1. The van der Waals surface area contributed by atoms with Gasteiger partial charge in [0.25, 0.3) is 0 Å². The molecule has 0 spiro atoms.